The van der Waals surface area contributed by atoms with Crippen LogP contribution in [0.5, 0.6) is 0 Å². The van der Waals surface area contributed by atoms with Crippen molar-refractivity contribution in [3.63, 3.8) is 0 Å². The minimum absolute atomic E-state index is 0.0674. The van der Waals surface area contributed by atoms with Gasteiger partial charge >= 0.3 is 11.9 Å². The van der Waals surface area contributed by atoms with Crippen LogP contribution in [0.4, 0.5) is 0 Å². The maximum absolute atomic E-state index is 12.7. The fourth-order valence-corrected chi connectivity index (χ4v) is 4.38. The summed E-state index contributed by atoms with van der Waals surface area (Å²) in [5, 5.41) is 29.3. The maximum Gasteiger partial charge on any atom is 0.327 e. The number of carboxylic acids is 2. The van der Waals surface area contributed by atoms with Crippen molar-refractivity contribution in [1.82, 2.24) is 26.6 Å². The van der Waals surface area contributed by atoms with Crippen molar-refractivity contribution in [2.75, 3.05) is 25.4 Å². The van der Waals surface area contributed by atoms with Gasteiger partial charge < -0.3 is 48.3 Å². The zero-order chi connectivity index (χ0) is 29.5. The van der Waals surface area contributed by atoms with E-state index in [1.165, 1.54) is 0 Å². The number of aliphatic imine (C=N–C) groups is 1. The van der Waals surface area contributed by atoms with Crippen LogP contribution in [0.3, 0.4) is 0 Å². The molecule has 0 aliphatic carbocycles. The molecule has 0 spiro atoms. The van der Waals surface area contributed by atoms with Crippen LogP contribution in [0.15, 0.2) is 4.99 Å². The Kier molecular flexibility index (Phi) is 14.1. The topological polar surface area (TPSA) is 284 Å². The normalized spacial score (nSPS) is 24.0. The lowest BCUT2D eigenvalue weighted by Gasteiger charge is -2.23. The van der Waals surface area contributed by atoms with E-state index in [2.05, 4.69) is 31.6 Å². The highest BCUT2D eigenvalue weighted by Crippen LogP contribution is 2.16. The molecule has 0 bridgehead atoms. The SMILES string of the molecule is CC[C@@H]1SC[C@@H](C(=O)O)NC(=O)[C@H](CC(=O)O)NC(=O)CNC(=O)[C@H](CCCN=C(N)N)NC(=O)CNC1=O. The molecule has 1 saturated heterocycles. The Labute approximate surface area is 227 Å². The summed E-state index contributed by atoms with van der Waals surface area (Å²) in [7, 11) is 0. The Morgan fingerprint density at radius 3 is 2.05 bits per heavy atom. The molecule has 1 heterocycles. The number of rotatable bonds is 8. The van der Waals surface area contributed by atoms with Gasteiger partial charge in [0.25, 0.3) is 0 Å². The largest absolute Gasteiger partial charge is 0.481 e. The van der Waals surface area contributed by atoms with Crippen LogP contribution in [0.25, 0.3) is 0 Å². The zero-order valence-electron chi connectivity index (χ0n) is 21.2. The Balaban J connectivity index is 3.17. The number of carbonyl (C=O) groups is 7. The van der Waals surface area contributed by atoms with Gasteiger partial charge in [0.15, 0.2) is 5.96 Å². The molecule has 11 N–H and O–H groups in total. The van der Waals surface area contributed by atoms with Gasteiger partial charge in [-0.05, 0) is 19.3 Å². The number of carbonyl (C=O) groups excluding carboxylic acids is 5. The Bertz CT molecular complexity index is 973. The van der Waals surface area contributed by atoms with Gasteiger partial charge in [-0.1, -0.05) is 6.92 Å². The van der Waals surface area contributed by atoms with Crippen molar-refractivity contribution in [1.29, 1.82) is 0 Å². The van der Waals surface area contributed by atoms with E-state index in [1.54, 1.807) is 6.92 Å². The van der Waals surface area contributed by atoms with Crippen LogP contribution in [-0.2, 0) is 33.6 Å². The average Bonchev–Trinajstić information content (AvgIpc) is 2.85. The highest BCUT2D eigenvalue weighted by atomic mass is 32.2. The summed E-state index contributed by atoms with van der Waals surface area (Å²) < 4.78 is 0. The molecule has 0 radical (unpaired) electrons. The van der Waals surface area contributed by atoms with Crippen LogP contribution in [-0.4, -0.2) is 106 Å². The van der Waals surface area contributed by atoms with Gasteiger partial charge in [-0.2, -0.15) is 0 Å². The first-order chi connectivity index (χ1) is 18.3. The first-order valence-corrected chi connectivity index (χ1v) is 12.9. The molecule has 18 heteroatoms. The first kappa shape index (κ1) is 32.9. The quantitative estimate of drug-likeness (QED) is 0.0758. The number of hydrogen-bond donors (Lipinski definition) is 9. The Morgan fingerprint density at radius 2 is 1.51 bits per heavy atom. The van der Waals surface area contributed by atoms with Crippen LogP contribution < -0.4 is 38.1 Å². The standard InChI is InChI=1S/C21H34N8O9S/c1-2-13-19(36)26-8-14(30)27-10(4-3-5-24-21(22)23)17(34)25-7-15(31)28-11(6-16(32)33)18(35)29-12(9-39-13)20(37)38/h10-13H,2-9H2,1H3,(H,25,34)(H,26,36)(H,27,30)(H,28,31)(H,29,35)(H,32,33)(H,37,38)(H4,22,23,24)/t10-,11-,12-,13-/m0/s1. The second-order valence-corrected chi connectivity index (χ2v) is 9.59. The smallest absolute Gasteiger partial charge is 0.327 e. The number of guanidine groups is 1. The van der Waals surface area contributed by atoms with E-state index < -0.39 is 84.4 Å². The Morgan fingerprint density at radius 1 is 0.923 bits per heavy atom. The van der Waals surface area contributed by atoms with Crippen molar-refractivity contribution < 1.29 is 43.8 Å². The predicted molar refractivity (Wildman–Crippen MR) is 138 cm³/mol. The highest BCUT2D eigenvalue weighted by molar-refractivity contribution is 8.00. The molecule has 17 nitrogen and oxygen atoms in total. The van der Waals surface area contributed by atoms with E-state index >= 15 is 0 Å². The lowest BCUT2D eigenvalue weighted by Crippen LogP contribution is -2.56. The van der Waals surface area contributed by atoms with Crippen molar-refractivity contribution in [3.8, 4) is 0 Å². The lowest BCUT2D eigenvalue weighted by molar-refractivity contribution is -0.143. The number of nitrogens with zero attached hydrogens (tertiary/aromatic N) is 1. The molecule has 0 aromatic heterocycles. The molecule has 1 aliphatic heterocycles. The molecule has 5 amide bonds. The van der Waals surface area contributed by atoms with Gasteiger partial charge in [0.05, 0.1) is 24.8 Å². The minimum atomic E-state index is -1.65. The number of nitrogens with two attached hydrogens (primary N) is 2. The molecule has 0 unspecified atom stereocenters. The average molecular weight is 575 g/mol. The summed E-state index contributed by atoms with van der Waals surface area (Å²) in [4.78, 5) is 89.5. The van der Waals surface area contributed by atoms with Crippen molar-refractivity contribution in [3.05, 3.63) is 0 Å². The second kappa shape index (κ2) is 16.7. The predicted octanol–water partition coefficient (Wildman–Crippen LogP) is -4.19. The van der Waals surface area contributed by atoms with Gasteiger partial charge in [0, 0.05) is 12.3 Å². The number of amides is 5. The number of carboxylic acid groups (broad SMARTS) is 2. The molecule has 0 aromatic rings. The van der Waals surface area contributed by atoms with E-state index in [9.17, 15) is 38.7 Å². The number of thioether (sulfide) groups is 1. The van der Waals surface area contributed by atoms with E-state index in [-0.39, 0.29) is 37.5 Å². The highest BCUT2D eigenvalue weighted by Gasteiger charge is 2.30. The molecular formula is C21H34N8O9S. The van der Waals surface area contributed by atoms with E-state index in [0.717, 1.165) is 11.8 Å². The van der Waals surface area contributed by atoms with E-state index in [0.29, 0.717) is 0 Å². The fourth-order valence-electron chi connectivity index (χ4n) is 3.26. The van der Waals surface area contributed by atoms with E-state index in [4.69, 9.17) is 16.6 Å². The summed E-state index contributed by atoms with van der Waals surface area (Å²) in [6, 6.07) is -4.31. The number of hydrogen-bond acceptors (Lipinski definition) is 9. The summed E-state index contributed by atoms with van der Waals surface area (Å²) in [5.74, 6) is -7.38. The molecule has 1 rings (SSSR count). The minimum Gasteiger partial charge on any atom is -0.481 e. The van der Waals surface area contributed by atoms with Gasteiger partial charge in [-0.3, -0.25) is 33.8 Å². The van der Waals surface area contributed by atoms with Gasteiger partial charge in [-0.25, -0.2) is 4.79 Å². The van der Waals surface area contributed by atoms with E-state index in [1.807, 2.05) is 0 Å². The Hall–Kier alpha value is -4.09. The molecule has 218 valence electrons. The third-order valence-electron chi connectivity index (χ3n) is 5.22. The molecule has 1 aliphatic rings. The van der Waals surface area contributed by atoms with Crippen LogP contribution in [0.2, 0.25) is 0 Å². The number of aliphatic carboxylic acids is 2. The second-order valence-electron chi connectivity index (χ2n) is 8.35. The third-order valence-corrected chi connectivity index (χ3v) is 6.69. The molecule has 0 saturated carbocycles. The molecule has 1 fully saturated rings. The molecule has 0 aromatic carbocycles. The van der Waals surface area contributed by atoms with Crippen LogP contribution in [0.1, 0.15) is 32.6 Å². The summed E-state index contributed by atoms with van der Waals surface area (Å²) in [6.07, 6.45) is -0.270. The third kappa shape index (κ3) is 12.8. The van der Waals surface area contributed by atoms with Gasteiger partial charge in [0.2, 0.25) is 29.5 Å². The summed E-state index contributed by atoms with van der Waals surface area (Å²) >= 11 is 0.905. The lowest BCUT2D eigenvalue weighted by atomic mass is 10.1. The summed E-state index contributed by atoms with van der Waals surface area (Å²) in [6.45, 7) is 0.643. The van der Waals surface area contributed by atoms with Crippen molar-refractivity contribution >= 4 is 59.2 Å². The monoisotopic (exact) mass is 574 g/mol. The van der Waals surface area contributed by atoms with Crippen LogP contribution in [0, 0.1) is 0 Å². The van der Waals surface area contributed by atoms with Crippen LogP contribution >= 0.6 is 11.8 Å². The fraction of sp³-hybridized carbons (Fsp3) is 0.619. The zero-order valence-corrected chi connectivity index (χ0v) is 22.0. The summed E-state index contributed by atoms with van der Waals surface area (Å²) in [5.41, 5.74) is 10.5. The molecule has 4 atom stereocenters. The molecule has 39 heavy (non-hydrogen) atoms. The molecular weight excluding hydrogens is 540 g/mol. The van der Waals surface area contributed by atoms with Gasteiger partial charge in [0.1, 0.15) is 18.1 Å². The maximum atomic E-state index is 12.7. The number of nitrogens with one attached hydrogen (secondary N) is 5. The van der Waals surface area contributed by atoms with Crippen molar-refractivity contribution in [2.24, 2.45) is 16.5 Å². The first-order valence-electron chi connectivity index (χ1n) is 11.9. The van der Waals surface area contributed by atoms with Crippen molar-refractivity contribution in [2.45, 2.75) is 56.0 Å². The van der Waals surface area contributed by atoms with Gasteiger partial charge in [-0.15, -0.1) is 11.8 Å².